The Morgan fingerprint density at radius 3 is 2.45 bits per heavy atom. The molecule has 0 saturated carbocycles. The summed E-state index contributed by atoms with van der Waals surface area (Å²) in [6.07, 6.45) is 0. The van der Waals surface area contributed by atoms with Crippen LogP contribution in [0.1, 0.15) is 5.56 Å². The molecule has 0 aromatic heterocycles. The minimum absolute atomic E-state index is 0.350. The third-order valence-corrected chi connectivity index (χ3v) is 3.32. The van der Waals surface area contributed by atoms with Gasteiger partial charge in [-0.1, -0.05) is 0 Å². The lowest BCUT2D eigenvalue weighted by Gasteiger charge is -2.34. The summed E-state index contributed by atoms with van der Waals surface area (Å²) in [5.74, 6) is -2.60. The molecule has 1 saturated heterocycles. The number of piperazine rings is 1. The number of rotatable bonds is 2. The molecular formula is C12H14F2N4O2. The number of hydrogen-bond donors (Lipinski definition) is 1. The highest BCUT2D eigenvalue weighted by Crippen LogP contribution is 2.24. The molecule has 1 aliphatic rings. The van der Waals surface area contributed by atoms with Crippen molar-refractivity contribution in [3.05, 3.63) is 39.4 Å². The van der Waals surface area contributed by atoms with Gasteiger partial charge in [0.15, 0.2) is 0 Å². The number of likely N-dealkylation sites (N-methyl/N-ethyl adjacent to an activating group) is 1. The van der Waals surface area contributed by atoms with E-state index in [1.54, 1.807) is 0 Å². The van der Waals surface area contributed by atoms with E-state index in [4.69, 9.17) is 5.41 Å². The topological polar surface area (TPSA) is 73.5 Å². The van der Waals surface area contributed by atoms with Gasteiger partial charge in [-0.15, -0.1) is 0 Å². The molecule has 0 bridgehead atoms. The molecule has 0 unspecified atom stereocenters. The predicted octanol–water partition coefficient (Wildman–Crippen LogP) is 1.45. The number of amidine groups is 1. The zero-order valence-corrected chi connectivity index (χ0v) is 10.9. The summed E-state index contributed by atoms with van der Waals surface area (Å²) in [4.78, 5) is 13.3. The molecule has 0 atom stereocenters. The number of nitrogens with one attached hydrogen (secondary N) is 1. The summed E-state index contributed by atoms with van der Waals surface area (Å²) < 4.78 is 27.7. The van der Waals surface area contributed by atoms with Crippen LogP contribution in [0.4, 0.5) is 14.5 Å². The largest absolute Gasteiger partial charge is 0.354 e. The van der Waals surface area contributed by atoms with E-state index in [9.17, 15) is 18.9 Å². The van der Waals surface area contributed by atoms with Crippen LogP contribution in [0.15, 0.2) is 12.1 Å². The van der Waals surface area contributed by atoms with Crippen LogP contribution < -0.4 is 0 Å². The average Bonchev–Trinajstić information content (AvgIpc) is 2.38. The zero-order chi connectivity index (χ0) is 14.9. The molecule has 0 radical (unpaired) electrons. The van der Waals surface area contributed by atoms with Crippen LogP contribution >= 0.6 is 0 Å². The lowest BCUT2D eigenvalue weighted by atomic mass is 10.1. The molecular weight excluding hydrogens is 270 g/mol. The maximum atomic E-state index is 14.0. The van der Waals surface area contributed by atoms with E-state index < -0.39 is 27.8 Å². The summed E-state index contributed by atoms with van der Waals surface area (Å²) in [6.45, 7) is 2.24. The van der Waals surface area contributed by atoms with Crippen molar-refractivity contribution in [3.8, 4) is 0 Å². The first-order valence-electron chi connectivity index (χ1n) is 6.06. The van der Waals surface area contributed by atoms with Crippen LogP contribution in [-0.2, 0) is 0 Å². The molecule has 1 heterocycles. The summed E-state index contributed by atoms with van der Waals surface area (Å²) >= 11 is 0. The van der Waals surface area contributed by atoms with Gasteiger partial charge in [0, 0.05) is 32.2 Å². The van der Waals surface area contributed by atoms with Gasteiger partial charge in [-0.3, -0.25) is 15.5 Å². The third-order valence-electron chi connectivity index (χ3n) is 3.32. The van der Waals surface area contributed by atoms with Gasteiger partial charge in [0.05, 0.1) is 10.5 Å². The minimum Gasteiger partial charge on any atom is -0.354 e. The predicted molar refractivity (Wildman–Crippen MR) is 68.9 cm³/mol. The Labute approximate surface area is 114 Å². The summed E-state index contributed by atoms with van der Waals surface area (Å²) in [7, 11) is 1.91. The molecule has 1 aliphatic heterocycles. The van der Waals surface area contributed by atoms with Gasteiger partial charge in [-0.05, 0) is 13.1 Å². The number of nitrogens with zero attached hydrogens (tertiary/aromatic N) is 3. The van der Waals surface area contributed by atoms with Gasteiger partial charge in [0.25, 0.3) is 0 Å². The highest BCUT2D eigenvalue weighted by atomic mass is 19.1. The van der Waals surface area contributed by atoms with Crippen molar-refractivity contribution in [2.75, 3.05) is 33.2 Å². The average molecular weight is 284 g/mol. The van der Waals surface area contributed by atoms with Gasteiger partial charge >= 0.3 is 5.69 Å². The van der Waals surface area contributed by atoms with E-state index in [0.29, 0.717) is 26.2 Å². The maximum absolute atomic E-state index is 14.0. The second kappa shape index (κ2) is 5.49. The van der Waals surface area contributed by atoms with E-state index in [0.717, 1.165) is 12.1 Å². The van der Waals surface area contributed by atoms with Crippen molar-refractivity contribution in [1.82, 2.24) is 9.80 Å². The van der Waals surface area contributed by atoms with E-state index in [1.165, 1.54) is 4.90 Å². The Morgan fingerprint density at radius 1 is 1.30 bits per heavy atom. The number of nitro benzene ring substituents is 1. The Hall–Kier alpha value is -2.09. The fraction of sp³-hybridized carbons (Fsp3) is 0.417. The molecule has 0 spiro atoms. The lowest BCUT2D eigenvalue weighted by Crippen LogP contribution is -2.47. The molecule has 6 nitrogen and oxygen atoms in total. The Balaban J connectivity index is 2.34. The van der Waals surface area contributed by atoms with Crippen LogP contribution in [0, 0.1) is 27.2 Å². The second-order valence-electron chi connectivity index (χ2n) is 4.65. The molecule has 2 rings (SSSR count). The molecule has 1 fully saturated rings. The van der Waals surface area contributed by atoms with Gasteiger partial charge in [0.2, 0.25) is 5.82 Å². The molecule has 0 aliphatic carbocycles. The van der Waals surface area contributed by atoms with Crippen molar-refractivity contribution in [2.45, 2.75) is 0 Å². The molecule has 8 heteroatoms. The molecule has 1 aromatic carbocycles. The standard InChI is InChI=1S/C12H14F2N4O2/c1-16-4-6-17(7-5-16)12(15)10-8(13)2-3-9(11(10)14)18(19)20/h2-3,15H,4-7H2,1H3. The minimum atomic E-state index is -1.29. The quantitative estimate of drug-likeness (QED) is 0.386. The number of hydrogen-bond acceptors (Lipinski definition) is 4. The van der Waals surface area contributed by atoms with Crippen LogP contribution in [0.25, 0.3) is 0 Å². The highest BCUT2D eigenvalue weighted by molar-refractivity contribution is 5.97. The van der Waals surface area contributed by atoms with Crippen LogP contribution in [0.5, 0.6) is 0 Å². The van der Waals surface area contributed by atoms with Crippen molar-refractivity contribution >= 4 is 11.5 Å². The number of nitro groups is 1. The number of benzene rings is 1. The molecule has 108 valence electrons. The summed E-state index contributed by atoms with van der Waals surface area (Å²) in [5.41, 5.74) is -1.45. The number of halogens is 2. The van der Waals surface area contributed by atoms with Gasteiger partial charge < -0.3 is 9.80 Å². The third kappa shape index (κ3) is 2.60. The van der Waals surface area contributed by atoms with E-state index in [-0.39, 0.29) is 5.84 Å². The van der Waals surface area contributed by atoms with E-state index >= 15 is 0 Å². The SMILES string of the molecule is CN1CCN(C(=N)c2c(F)ccc([N+](=O)[O-])c2F)CC1. The van der Waals surface area contributed by atoms with Crippen molar-refractivity contribution in [2.24, 2.45) is 0 Å². The fourth-order valence-electron chi connectivity index (χ4n) is 2.09. The summed E-state index contributed by atoms with van der Waals surface area (Å²) in [5, 5.41) is 18.6. The van der Waals surface area contributed by atoms with E-state index in [1.807, 2.05) is 11.9 Å². The smallest absolute Gasteiger partial charge is 0.305 e. The Kier molecular flexibility index (Phi) is 3.93. The zero-order valence-electron chi connectivity index (χ0n) is 10.9. The van der Waals surface area contributed by atoms with Gasteiger partial charge in [0.1, 0.15) is 11.7 Å². The van der Waals surface area contributed by atoms with Crippen LogP contribution in [-0.4, -0.2) is 53.8 Å². The van der Waals surface area contributed by atoms with Crippen molar-refractivity contribution < 1.29 is 13.7 Å². The highest BCUT2D eigenvalue weighted by Gasteiger charge is 2.28. The van der Waals surface area contributed by atoms with Gasteiger partial charge in [-0.2, -0.15) is 4.39 Å². The monoisotopic (exact) mass is 284 g/mol. The van der Waals surface area contributed by atoms with Gasteiger partial charge in [-0.25, -0.2) is 4.39 Å². The molecule has 20 heavy (non-hydrogen) atoms. The first-order chi connectivity index (χ1) is 9.41. The Morgan fingerprint density at radius 2 is 1.90 bits per heavy atom. The van der Waals surface area contributed by atoms with Crippen LogP contribution in [0.3, 0.4) is 0 Å². The normalized spacial score (nSPS) is 16.2. The summed E-state index contributed by atoms with van der Waals surface area (Å²) in [6, 6.07) is 1.59. The molecule has 1 aromatic rings. The van der Waals surface area contributed by atoms with Crippen molar-refractivity contribution in [1.29, 1.82) is 5.41 Å². The van der Waals surface area contributed by atoms with E-state index in [2.05, 4.69) is 0 Å². The maximum Gasteiger partial charge on any atom is 0.305 e. The first kappa shape index (κ1) is 14.3. The van der Waals surface area contributed by atoms with Crippen LogP contribution in [0.2, 0.25) is 0 Å². The lowest BCUT2D eigenvalue weighted by molar-refractivity contribution is -0.387. The molecule has 1 N–H and O–H groups in total. The Bertz CT molecular complexity index is 557. The first-order valence-corrected chi connectivity index (χ1v) is 6.06. The molecule has 0 amide bonds. The van der Waals surface area contributed by atoms with Crippen molar-refractivity contribution in [3.63, 3.8) is 0 Å². The fourth-order valence-corrected chi connectivity index (χ4v) is 2.09. The second-order valence-corrected chi connectivity index (χ2v) is 4.65.